The quantitative estimate of drug-likeness (QED) is 0.766. The van der Waals surface area contributed by atoms with Gasteiger partial charge < -0.3 is 10.2 Å². The molecule has 1 atom stereocenters. The Hall–Kier alpha value is -0.900. The van der Waals surface area contributed by atoms with Crippen LogP contribution in [0.2, 0.25) is 0 Å². The lowest BCUT2D eigenvalue weighted by Crippen LogP contribution is -2.06. The Labute approximate surface area is 69.4 Å². The molecule has 0 aliphatic rings. The number of hydrogen-bond acceptors (Lipinski definition) is 2. The zero-order valence-corrected chi connectivity index (χ0v) is 6.76. The average molecular weight is 175 g/mol. The Morgan fingerprint density at radius 1 is 1.42 bits per heavy atom. The molecule has 1 heterocycles. The van der Waals surface area contributed by atoms with Gasteiger partial charge in [0.1, 0.15) is 5.76 Å². The molecule has 0 amide bonds. The molecule has 0 radical (unpaired) electrons. The number of nitrogens with two attached hydrogens (primary N) is 1. The third-order valence-electron chi connectivity index (χ3n) is 1.67. The SMILES string of the molecule is CCC(N)c1ccc(C(F)F)o1. The molecule has 0 bridgehead atoms. The van der Waals surface area contributed by atoms with Gasteiger partial charge in [0.2, 0.25) is 0 Å². The molecule has 0 spiro atoms. The van der Waals surface area contributed by atoms with Crippen LogP contribution in [0.25, 0.3) is 0 Å². The summed E-state index contributed by atoms with van der Waals surface area (Å²) in [5, 5.41) is 0. The Morgan fingerprint density at radius 3 is 2.42 bits per heavy atom. The first-order chi connectivity index (χ1) is 5.65. The van der Waals surface area contributed by atoms with Gasteiger partial charge in [-0.2, -0.15) is 0 Å². The maximum absolute atomic E-state index is 12.0. The molecule has 0 aromatic carbocycles. The van der Waals surface area contributed by atoms with Gasteiger partial charge in [-0.25, -0.2) is 8.78 Å². The fraction of sp³-hybridized carbons (Fsp3) is 0.500. The molecule has 68 valence electrons. The minimum Gasteiger partial charge on any atom is -0.458 e. The van der Waals surface area contributed by atoms with Gasteiger partial charge in [0.05, 0.1) is 6.04 Å². The summed E-state index contributed by atoms with van der Waals surface area (Å²) in [4.78, 5) is 0. The van der Waals surface area contributed by atoms with Crippen LogP contribution in [-0.4, -0.2) is 0 Å². The fourth-order valence-corrected chi connectivity index (χ4v) is 0.886. The van der Waals surface area contributed by atoms with E-state index < -0.39 is 6.43 Å². The molecule has 1 aromatic rings. The Morgan fingerprint density at radius 2 is 2.00 bits per heavy atom. The van der Waals surface area contributed by atoms with E-state index in [4.69, 9.17) is 10.2 Å². The zero-order valence-electron chi connectivity index (χ0n) is 6.76. The van der Waals surface area contributed by atoms with Crippen LogP contribution in [0.5, 0.6) is 0 Å². The van der Waals surface area contributed by atoms with Gasteiger partial charge in [-0.05, 0) is 18.6 Å². The van der Waals surface area contributed by atoms with Crippen molar-refractivity contribution in [2.24, 2.45) is 5.73 Å². The number of hydrogen-bond donors (Lipinski definition) is 1. The Balaban J connectivity index is 2.77. The van der Waals surface area contributed by atoms with Crippen molar-refractivity contribution in [1.82, 2.24) is 0 Å². The van der Waals surface area contributed by atoms with Gasteiger partial charge >= 0.3 is 0 Å². The third kappa shape index (κ3) is 1.82. The Bertz CT molecular complexity index is 247. The van der Waals surface area contributed by atoms with E-state index in [-0.39, 0.29) is 11.8 Å². The summed E-state index contributed by atoms with van der Waals surface area (Å²) < 4.78 is 28.8. The summed E-state index contributed by atoms with van der Waals surface area (Å²) >= 11 is 0. The second kappa shape index (κ2) is 3.67. The minimum absolute atomic E-state index is 0.280. The van der Waals surface area contributed by atoms with Gasteiger partial charge in [0.15, 0.2) is 5.76 Å². The first-order valence-electron chi connectivity index (χ1n) is 3.78. The third-order valence-corrected chi connectivity index (χ3v) is 1.67. The highest BCUT2D eigenvalue weighted by atomic mass is 19.3. The molecule has 1 rings (SSSR count). The summed E-state index contributed by atoms with van der Waals surface area (Å²) in [7, 11) is 0. The molecule has 2 nitrogen and oxygen atoms in total. The van der Waals surface area contributed by atoms with Gasteiger partial charge in [-0.15, -0.1) is 0 Å². The van der Waals surface area contributed by atoms with Gasteiger partial charge in [0.25, 0.3) is 6.43 Å². The molecule has 12 heavy (non-hydrogen) atoms. The molecule has 4 heteroatoms. The highest BCUT2D eigenvalue weighted by molar-refractivity contribution is 5.10. The van der Waals surface area contributed by atoms with Crippen LogP contribution in [-0.2, 0) is 0 Å². The van der Waals surface area contributed by atoms with Crippen LogP contribution in [0, 0.1) is 0 Å². The molecule has 2 N–H and O–H groups in total. The van der Waals surface area contributed by atoms with Crippen LogP contribution in [0.1, 0.15) is 37.3 Å². The summed E-state index contributed by atoms with van der Waals surface area (Å²) in [6.45, 7) is 1.87. The lowest BCUT2D eigenvalue weighted by atomic mass is 10.2. The molecular weight excluding hydrogens is 164 g/mol. The molecular formula is C8H11F2NO. The van der Waals surface area contributed by atoms with Crippen molar-refractivity contribution in [2.45, 2.75) is 25.8 Å². The van der Waals surface area contributed by atoms with Crippen molar-refractivity contribution in [3.8, 4) is 0 Å². The van der Waals surface area contributed by atoms with Crippen molar-refractivity contribution in [3.05, 3.63) is 23.7 Å². The van der Waals surface area contributed by atoms with Crippen LogP contribution >= 0.6 is 0 Å². The van der Waals surface area contributed by atoms with Crippen LogP contribution in [0.3, 0.4) is 0 Å². The van der Waals surface area contributed by atoms with Crippen LogP contribution in [0.4, 0.5) is 8.78 Å². The zero-order chi connectivity index (χ0) is 9.14. The van der Waals surface area contributed by atoms with Gasteiger partial charge in [-0.3, -0.25) is 0 Å². The van der Waals surface area contributed by atoms with Crippen LogP contribution in [0.15, 0.2) is 16.5 Å². The topological polar surface area (TPSA) is 39.2 Å². The predicted molar refractivity (Wildman–Crippen MR) is 40.9 cm³/mol. The first-order valence-corrected chi connectivity index (χ1v) is 3.78. The van der Waals surface area contributed by atoms with Crippen molar-refractivity contribution in [2.75, 3.05) is 0 Å². The molecule has 1 aromatic heterocycles. The summed E-state index contributed by atoms with van der Waals surface area (Å²) in [5.74, 6) is 0.113. The normalized spacial score (nSPS) is 13.8. The van der Waals surface area contributed by atoms with E-state index >= 15 is 0 Å². The lowest BCUT2D eigenvalue weighted by molar-refractivity contribution is 0.119. The maximum Gasteiger partial charge on any atom is 0.295 e. The van der Waals surface area contributed by atoms with E-state index in [1.807, 2.05) is 6.92 Å². The van der Waals surface area contributed by atoms with E-state index in [9.17, 15) is 8.78 Å². The minimum atomic E-state index is -2.55. The van der Waals surface area contributed by atoms with E-state index in [0.717, 1.165) is 0 Å². The van der Waals surface area contributed by atoms with Gasteiger partial charge in [-0.1, -0.05) is 6.92 Å². The van der Waals surface area contributed by atoms with E-state index in [2.05, 4.69) is 0 Å². The molecule has 0 aliphatic heterocycles. The molecule has 0 aliphatic carbocycles. The summed E-state index contributed by atoms with van der Waals surface area (Å²) in [6.07, 6.45) is -1.88. The van der Waals surface area contributed by atoms with Crippen molar-refractivity contribution < 1.29 is 13.2 Å². The highest BCUT2D eigenvalue weighted by Crippen LogP contribution is 2.24. The molecule has 0 saturated carbocycles. The van der Waals surface area contributed by atoms with E-state index in [0.29, 0.717) is 12.2 Å². The number of halogens is 2. The average Bonchev–Trinajstić information content (AvgIpc) is 2.51. The highest BCUT2D eigenvalue weighted by Gasteiger charge is 2.14. The lowest BCUT2D eigenvalue weighted by Gasteiger charge is -2.03. The van der Waals surface area contributed by atoms with Gasteiger partial charge in [0, 0.05) is 0 Å². The van der Waals surface area contributed by atoms with E-state index in [1.165, 1.54) is 12.1 Å². The van der Waals surface area contributed by atoms with Crippen LogP contribution < -0.4 is 5.73 Å². The van der Waals surface area contributed by atoms with E-state index in [1.54, 1.807) is 0 Å². The fourth-order valence-electron chi connectivity index (χ4n) is 0.886. The molecule has 0 fully saturated rings. The largest absolute Gasteiger partial charge is 0.458 e. The first kappa shape index (κ1) is 9.19. The standard InChI is InChI=1S/C8H11F2NO/c1-2-5(11)6-3-4-7(12-6)8(9)10/h3-5,8H,2,11H2,1H3. The summed E-state index contributed by atoms with van der Waals surface area (Å²) in [6, 6.07) is 2.48. The Kier molecular flexibility index (Phi) is 2.81. The predicted octanol–water partition coefficient (Wildman–Crippen LogP) is 2.63. The smallest absolute Gasteiger partial charge is 0.295 e. The maximum atomic E-state index is 12.0. The van der Waals surface area contributed by atoms with Crippen molar-refractivity contribution in [1.29, 1.82) is 0 Å². The summed E-state index contributed by atoms with van der Waals surface area (Å²) in [5.41, 5.74) is 5.57. The molecule has 0 saturated heterocycles. The second-order valence-electron chi connectivity index (χ2n) is 2.56. The van der Waals surface area contributed by atoms with Crippen molar-refractivity contribution in [3.63, 3.8) is 0 Å². The number of alkyl halides is 2. The van der Waals surface area contributed by atoms with Crippen molar-refractivity contribution >= 4 is 0 Å². The monoisotopic (exact) mass is 175 g/mol. The number of furan rings is 1. The molecule has 1 unspecified atom stereocenters. The second-order valence-corrected chi connectivity index (χ2v) is 2.56. The number of rotatable bonds is 3.